The van der Waals surface area contributed by atoms with Crippen molar-refractivity contribution >= 4 is 0 Å². The van der Waals surface area contributed by atoms with E-state index in [0.29, 0.717) is 6.54 Å². The van der Waals surface area contributed by atoms with E-state index >= 15 is 0 Å². The number of hydrogen-bond acceptors (Lipinski definition) is 2. The lowest BCUT2D eigenvalue weighted by Gasteiger charge is -1.96. The minimum absolute atomic E-state index is 0.377. The molecule has 3 nitrogen and oxygen atoms in total. The molecule has 0 atom stereocenters. The van der Waals surface area contributed by atoms with Crippen molar-refractivity contribution in [2.45, 2.75) is 19.4 Å². The van der Waals surface area contributed by atoms with Crippen LogP contribution in [-0.2, 0) is 6.54 Å². The summed E-state index contributed by atoms with van der Waals surface area (Å²) in [4.78, 5) is 0. The molecule has 1 aromatic heterocycles. The molecule has 0 spiro atoms. The molecule has 0 fully saturated rings. The Balaban J connectivity index is 2.47. The normalized spacial score (nSPS) is 8.86. The van der Waals surface area contributed by atoms with Crippen LogP contribution in [0.25, 0.3) is 0 Å². The Morgan fingerprint density at radius 1 is 1.57 bits per heavy atom. The van der Waals surface area contributed by atoms with Gasteiger partial charge in [0.25, 0.3) is 0 Å². The van der Waals surface area contributed by atoms with Gasteiger partial charge in [0.05, 0.1) is 18.3 Å². The number of hydrogen-bond donors (Lipinski definition) is 1. The van der Waals surface area contributed by atoms with E-state index in [1.165, 1.54) is 0 Å². The SMILES string of the molecule is C#CCCCn1cc(C#CCN)cn1. The summed E-state index contributed by atoms with van der Waals surface area (Å²) in [6, 6.07) is 0. The van der Waals surface area contributed by atoms with E-state index in [9.17, 15) is 0 Å². The fourth-order valence-electron chi connectivity index (χ4n) is 1.05. The summed E-state index contributed by atoms with van der Waals surface area (Å²) in [5.41, 5.74) is 6.16. The Kier molecular flexibility index (Phi) is 4.34. The van der Waals surface area contributed by atoms with Gasteiger partial charge >= 0.3 is 0 Å². The van der Waals surface area contributed by atoms with Crippen molar-refractivity contribution < 1.29 is 0 Å². The van der Waals surface area contributed by atoms with Gasteiger partial charge in [-0.15, -0.1) is 12.3 Å². The zero-order chi connectivity index (χ0) is 10.2. The maximum atomic E-state index is 5.26. The monoisotopic (exact) mass is 187 g/mol. The molecule has 0 saturated heterocycles. The summed E-state index contributed by atoms with van der Waals surface area (Å²) in [6.07, 6.45) is 10.5. The van der Waals surface area contributed by atoms with Gasteiger partial charge in [0.2, 0.25) is 0 Å². The van der Waals surface area contributed by atoms with Crippen molar-refractivity contribution in [2.75, 3.05) is 6.54 Å². The fourth-order valence-corrected chi connectivity index (χ4v) is 1.05. The lowest BCUT2D eigenvalue weighted by atomic mass is 10.3. The highest BCUT2D eigenvalue weighted by molar-refractivity contribution is 5.29. The van der Waals surface area contributed by atoms with Crippen LogP contribution in [0.4, 0.5) is 0 Å². The number of unbranched alkanes of at least 4 members (excludes halogenated alkanes) is 1. The van der Waals surface area contributed by atoms with Crippen LogP contribution in [0, 0.1) is 24.2 Å². The topological polar surface area (TPSA) is 43.8 Å². The van der Waals surface area contributed by atoms with Crippen LogP contribution in [0.2, 0.25) is 0 Å². The highest BCUT2D eigenvalue weighted by Crippen LogP contribution is 1.97. The predicted octanol–water partition coefficient (Wildman–Crippen LogP) is 0.607. The van der Waals surface area contributed by atoms with Gasteiger partial charge in [0, 0.05) is 19.2 Å². The summed E-state index contributed by atoms with van der Waals surface area (Å²) in [7, 11) is 0. The van der Waals surface area contributed by atoms with Crippen LogP contribution in [0.15, 0.2) is 12.4 Å². The zero-order valence-electron chi connectivity index (χ0n) is 8.03. The first-order valence-electron chi connectivity index (χ1n) is 4.51. The van der Waals surface area contributed by atoms with E-state index in [-0.39, 0.29) is 0 Å². The minimum atomic E-state index is 0.377. The number of rotatable bonds is 3. The van der Waals surface area contributed by atoms with Crippen molar-refractivity contribution in [3.63, 3.8) is 0 Å². The second-order valence-electron chi connectivity index (χ2n) is 2.81. The van der Waals surface area contributed by atoms with E-state index < -0.39 is 0 Å². The maximum Gasteiger partial charge on any atom is 0.0646 e. The Hall–Kier alpha value is -1.71. The zero-order valence-corrected chi connectivity index (χ0v) is 8.03. The molecular weight excluding hydrogens is 174 g/mol. The number of nitrogens with zero attached hydrogens (tertiary/aromatic N) is 2. The van der Waals surface area contributed by atoms with Gasteiger partial charge in [-0.05, 0) is 6.42 Å². The lowest BCUT2D eigenvalue weighted by molar-refractivity contribution is 0.587. The van der Waals surface area contributed by atoms with Gasteiger partial charge in [0.15, 0.2) is 0 Å². The molecule has 0 aliphatic carbocycles. The molecule has 0 bridgehead atoms. The fraction of sp³-hybridized carbons (Fsp3) is 0.364. The summed E-state index contributed by atoms with van der Waals surface area (Å²) in [5, 5.41) is 4.15. The van der Waals surface area contributed by atoms with Gasteiger partial charge in [-0.3, -0.25) is 4.68 Å². The van der Waals surface area contributed by atoms with Crippen molar-refractivity contribution in [1.29, 1.82) is 0 Å². The van der Waals surface area contributed by atoms with Crippen LogP contribution < -0.4 is 5.73 Å². The van der Waals surface area contributed by atoms with Gasteiger partial charge in [-0.1, -0.05) is 11.8 Å². The van der Waals surface area contributed by atoms with E-state index in [1.807, 2.05) is 10.9 Å². The lowest BCUT2D eigenvalue weighted by Crippen LogP contribution is -1.97. The van der Waals surface area contributed by atoms with Crippen molar-refractivity contribution in [3.8, 4) is 24.2 Å². The second-order valence-corrected chi connectivity index (χ2v) is 2.81. The van der Waals surface area contributed by atoms with Crippen LogP contribution >= 0.6 is 0 Å². The van der Waals surface area contributed by atoms with Gasteiger partial charge in [-0.25, -0.2) is 0 Å². The molecule has 0 aliphatic rings. The molecular formula is C11H13N3. The second kappa shape index (κ2) is 5.85. The molecule has 0 saturated carbocycles. The molecule has 1 heterocycles. The summed E-state index contributed by atoms with van der Waals surface area (Å²) in [6.45, 7) is 1.22. The van der Waals surface area contributed by atoms with E-state index in [4.69, 9.17) is 12.2 Å². The van der Waals surface area contributed by atoms with Gasteiger partial charge in [-0.2, -0.15) is 5.10 Å². The number of terminal acetylenes is 1. The van der Waals surface area contributed by atoms with E-state index in [1.54, 1.807) is 6.20 Å². The Morgan fingerprint density at radius 3 is 3.14 bits per heavy atom. The minimum Gasteiger partial charge on any atom is -0.320 e. The van der Waals surface area contributed by atoms with E-state index in [2.05, 4.69) is 22.9 Å². The Labute approximate surface area is 84.3 Å². The van der Waals surface area contributed by atoms with Crippen molar-refractivity contribution in [1.82, 2.24) is 9.78 Å². The number of aromatic nitrogens is 2. The summed E-state index contributed by atoms with van der Waals surface area (Å²) in [5.74, 6) is 8.29. The average Bonchev–Trinajstić information content (AvgIpc) is 2.63. The summed E-state index contributed by atoms with van der Waals surface area (Å²) < 4.78 is 1.85. The molecule has 0 aliphatic heterocycles. The molecule has 2 N–H and O–H groups in total. The molecule has 0 unspecified atom stereocenters. The number of aryl methyl sites for hydroxylation is 1. The first-order valence-corrected chi connectivity index (χ1v) is 4.51. The quantitative estimate of drug-likeness (QED) is 0.556. The molecule has 0 amide bonds. The molecule has 1 aromatic rings. The first-order chi connectivity index (χ1) is 6.86. The average molecular weight is 187 g/mol. The van der Waals surface area contributed by atoms with Crippen LogP contribution in [0.3, 0.4) is 0 Å². The highest BCUT2D eigenvalue weighted by Gasteiger charge is 1.94. The molecule has 72 valence electrons. The smallest absolute Gasteiger partial charge is 0.0646 e. The molecule has 0 aromatic carbocycles. The third kappa shape index (κ3) is 3.35. The van der Waals surface area contributed by atoms with Crippen LogP contribution in [0.1, 0.15) is 18.4 Å². The van der Waals surface area contributed by atoms with Gasteiger partial charge in [0.1, 0.15) is 0 Å². The van der Waals surface area contributed by atoms with E-state index in [0.717, 1.165) is 24.9 Å². The molecule has 0 radical (unpaired) electrons. The van der Waals surface area contributed by atoms with Gasteiger partial charge < -0.3 is 5.73 Å². The highest BCUT2D eigenvalue weighted by atomic mass is 15.3. The number of nitrogens with two attached hydrogens (primary N) is 1. The standard InChI is InChI=1S/C11H13N3/c1-2-3-4-8-14-10-11(9-13-14)6-5-7-12/h1,9-10H,3-4,7-8,12H2. The maximum absolute atomic E-state index is 5.26. The van der Waals surface area contributed by atoms with Crippen molar-refractivity contribution in [3.05, 3.63) is 18.0 Å². The molecule has 1 rings (SSSR count). The molecule has 3 heteroatoms. The summed E-state index contributed by atoms with van der Waals surface area (Å²) >= 11 is 0. The first kappa shape index (κ1) is 10.4. The predicted molar refractivity (Wildman–Crippen MR) is 56.2 cm³/mol. The third-order valence-corrected chi connectivity index (χ3v) is 1.68. The van der Waals surface area contributed by atoms with Crippen LogP contribution in [-0.4, -0.2) is 16.3 Å². The van der Waals surface area contributed by atoms with Crippen LogP contribution in [0.5, 0.6) is 0 Å². The third-order valence-electron chi connectivity index (χ3n) is 1.68. The Morgan fingerprint density at radius 2 is 2.43 bits per heavy atom. The Bertz CT molecular complexity index is 373. The van der Waals surface area contributed by atoms with Crippen molar-refractivity contribution in [2.24, 2.45) is 5.73 Å². The molecule has 14 heavy (non-hydrogen) atoms. The largest absolute Gasteiger partial charge is 0.320 e.